The molecule has 3 heterocycles. The molecule has 132 valence electrons. The van der Waals surface area contributed by atoms with Gasteiger partial charge in [0.2, 0.25) is 0 Å². The first-order valence-corrected chi connectivity index (χ1v) is 9.11. The van der Waals surface area contributed by atoms with Gasteiger partial charge in [-0.3, -0.25) is 0 Å². The monoisotopic (exact) mass is 331 g/mol. The summed E-state index contributed by atoms with van der Waals surface area (Å²) in [5.41, 5.74) is 1.15. The lowest BCUT2D eigenvalue weighted by molar-refractivity contribution is 0.0529. The average Bonchev–Trinajstić information content (AvgIpc) is 3.13. The van der Waals surface area contributed by atoms with Crippen molar-refractivity contribution in [3.63, 3.8) is 0 Å². The number of morpholine rings is 1. The van der Waals surface area contributed by atoms with Crippen LogP contribution in [0.1, 0.15) is 32.3 Å². The molecule has 2 aliphatic heterocycles. The van der Waals surface area contributed by atoms with E-state index in [1.165, 1.54) is 12.8 Å². The van der Waals surface area contributed by atoms with Crippen LogP contribution in [-0.2, 0) is 11.3 Å². The summed E-state index contributed by atoms with van der Waals surface area (Å²) >= 11 is 0. The molecule has 6 nitrogen and oxygen atoms in total. The largest absolute Gasteiger partial charge is 0.375 e. The minimum atomic E-state index is 0.271. The van der Waals surface area contributed by atoms with E-state index in [0.717, 1.165) is 56.7 Å². The molecule has 0 aliphatic carbocycles. The Morgan fingerprint density at radius 2 is 2.17 bits per heavy atom. The van der Waals surface area contributed by atoms with Crippen molar-refractivity contribution in [3.8, 4) is 0 Å². The van der Waals surface area contributed by atoms with Crippen LogP contribution in [0.5, 0.6) is 0 Å². The Labute approximate surface area is 144 Å². The van der Waals surface area contributed by atoms with Crippen molar-refractivity contribution in [2.75, 3.05) is 44.2 Å². The molecule has 0 spiro atoms. The lowest BCUT2D eigenvalue weighted by atomic mass is 10.2. The number of rotatable bonds is 4. The van der Waals surface area contributed by atoms with Gasteiger partial charge in [-0.15, -0.1) is 0 Å². The standard InChI is InChI=1S/C18H29N5O/c1-3-19-18(22-8-4-5-9-22)21-13-16-6-7-17(20-12-16)23-10-11-24-15(2)14-23/h6-7,12,15H,3-5,8-11,13-14H2,1-2H3,(H,19,21). The normalized spacial score (nSPS) is 22.1. The van der Waals surface area contributed by atoms with Crippen LogP contribution in [0.4, 0.5) is 5.82 Å². The van der Waals surface area contributed by atoms with Crippen LogP contribution in [0.3, 0.4) is 0 Å². The van der Waals surface area contributed by atoms with Gasteiger partial charge in [-0.25, -0.2) is 9.98 Å². The van der Waals surface area contributed by atoms with Crippen LogP contribution in [0.25, 0.3) is 0 Å². The first-order chi connectivity index (χ1) is 11.8. The molecule has 0 bridgehead atoms. The van der Waals surface area contributed by atoms with Gasteiger partial charge < -0.3 is 19.9 Å². The van der Waals surface area contributed by atoms with Gasteiger partial charge in [0.1, 0.15) is 5.82 Å². The van der Waals surface area contributed by atoms with Crippen molar-refractivity contribution in [1.29, 1.82) is 0 Å². The average molecular weight is 331 g/mol. The van der Waals surface area contributed by atoms with Gasteiger partial charge in [-0.2, -0.15) is 0 Å². The van der Waals surface area contributed by atoms with Gasteiger partial charge in [0.15, 0.2) is 5.96 Å². The zero-order valence-corrected chi connectivity index (χ0v) is 14.9. The van der Waals surface area contributed by atoms with E-state index < -0.39 is 0 Å². The molecule has 6 heteroatoms. The highest BCUT2D eigenvalue weighted by Gasteiger charge is 2.18. The van der Waals surface area contributed by atoms with Gasteiger partial charge in [0.25, 0.3) is 0 Å². The SMILES string of the molecule is CCNC(=NCc1ccc(N2CCOC(C)C2)nc1)N1CCCC1. The lowest BCUT2D eigenvalue weighted by Crippen LogP contribution is -2.41. The molecule has 3 rings (SSSR count). The molecule has 2 aliphatic rings. The quantitative estimate of drug-likeness (QED) is 0.674. The number of aromatic nitrogens is 1. The Balaban J connectivity index is 1.61. The summed E-state index contributed by atoms with van der Waals surface area (Å²) in [7, 11) is 0. The molecule has 2 saturated heterocycles. The molecule has 1 unspecified atom stereocenters. The first-order valence-electron chi connectivity index (χ1n) is 9.11. The fourth-order valence-corrected chi connectivity index (χ4v) is 3.24. The van der Waals surface area contributed by atoms with Crippen LogP contribution in [0, 0.1) is 0 Å². The number of guanidine groups is 1. The summed E-state index contributed by atoms with van der Waals surface area (Å²) in [5.74, 6) is 2.06. The molecule has 0 radical (unpaired) electrons. The molecule has 1 N–H and O–H groups in total. The fraction of sp³-hybridized carbons (Fsp3) is 0.667. The number of ether oxygens (including phenoxy) is 1. The Kier molecular flexibility index (Phi) is 5.91. The van der Waals surface area contributed by atoms with Crippen molar-refractivity contribution in [3.05, 3.63) is 23.9 Å². The number of hydrogen-bond acceptors (Lipinski definition) is 4. The van der Waals surface area contributed by atoms with Gasteiger partial charge in [-0.1, -0.05) is 6.07 Å². The highest BCUT2D eigenvalue weighted by atomic mass is 16.5. The van der Waals surface area contributed by atoms with Gasteiger partial charge in [0.05, 0.1) is 19.3 Å². The van der Waals surface area contributed by atoms with E-state index in [1.54, 1.807) is 0 Å². The van der Waals surface area contributed by atoms with Crippen molar-refractivity contribution >= 4 is 11.8 Å². The third kappa shape index (κ3) is 4.38. The number of pyridine rings is 1. The molecular weight excluding hydrogens is 302 g/mol. The molecule has 1 aromatic rings. The van der Waals surface area contributed by atoms with Crippen LogP contribution >= 0.6 is 0 Å². The van der Waals surface area contributed by atoms with Gasteiger partial charge >= 0.3 is 0 Å². The van der Waals surface area contributed by atoms with E-state index in [1.807, 2.05) is 6.20 Å². The summed E-state index contributed by atoms with van der Waals surface area (Å²) in [6.07, 6.45) is 4.75. The van der Waals surface area contributed by atoms with Crippen LogP contribution in [0.2, 0.25) is 0 Å². The van der Waals surface area contributed by atoms with Crippen LogP contribution in [-0.4, -0.2) is 61.3 Å². The number of hydrogen-bond donors (Lipinski definition) is 1. The van der Waals surface area contributed by atoms with Crippen molar-refractivity contribution in [1.82, 2.24) is 15.2 Å². The number of likely N-dealkylation sites (tertiary alicyclic amines) is 1. The van der Waals surface area contributed by atoms with E-state index in [-0.39, 0.29) is 6.10 Å². The minimum absolute atomic E-state index is 0.271. The molecule has 0 aromatic carbocycles. The zero-order valence-electron chi connectivity index (χ0n) is 14.9. The maximum absolute atomic E-state index is 5.59. The third-order valence-corrected chi connectivity index (χ3v) is 4.53. The summed E-state index contributed by atoms with van der Waals surface area (Å²) in [6, 6.07) is 4.24. The maximum atomic E-state index is 5.59. The summed E-state index contributed by atoms with van der Waals surface area (Å²) in [4.78, 5) is 14.0. The highest BCUT2D eigenvalue weighted by Crippen LogP contribution is 2.16. The van der Waals surface area contributed by atoms with E-state index in [9.17, 15) is 0 Å². The van der Waals surface area contributed by atoms with Crippen LogP contribution < -0.4 is 10.2 Å². The molecular formula is C18H29N5O. The molecule has 24 heavy (non-hydrogen) atoms. The van der Waals surface area contributed by atoms with Crippen molar-refractivity contribution in [2.45, 2.75) is 39.3 Å². The molecule has 0 amide bonds. The van der Waals surface area contributed by atoms with Gasteiger partial charge in [-0.05, 0) is 38.3 Å². The van der Waals surface area contributed by atoms with E-state index in [0.29, 0.717) is 6.54 Å². The van der Waals surface area contributed by atoms with Crippen molar-refractivity contribution in [2.24, 2.45) is 4.99 Å². The smallest absolute Gasteiger partial charge is 0.194 e. The van der Waals surface area contributed by atoms with E-state index in [4.69, 9.17) is 9.73 Å². The van der Waals surface area contributed by atoms with E-state index in [2.05, 4.69) is 46.1 Å². The number of anilines is 1. The summed E-state index contributed by atoms with van der Waals surface area (Å²) < 4.78 is 5.59. The van der Waals surface area contributed by atoms with Crippen molar-refractivity contribution < 1.29 is 4.74 Å². The minimum Gasteiger partial charge on any atom is -0.375 e. The highest BCUT2D eigenvalue weighted by molar-refractivity contribution is 5.80. The second kappa shape index (κ2) is 8.33. The first kappa shape index (κ1) is 17.0. The molecule has 0 saturated carbocycles. The fourth-order valence-electron chi connectivity index (χ4n) is 3.24. The maximum Gasteiger partial charge on any atom is 0.194 e. The predicted octanol–water partition coefficient (Wildman–Crippen LogP) is 1.87. The molecule has 1 atom stereocenters. The second-order valence-corrected chi connectivity index (χ2v) is 6.52. The Morgan fingerprint density at radius 1 is 1.33 bits per heavy atom. The number of nitrogens with zero attached hydrogens (tertiary/aromatic N) is 4. The number of aliphatic imine (C=N–C) groups is 1. The van der Waals surface area contributed by atoms with E-state index >= 15 is 0 Å². The Hall–Kier alpha value is -1.82. The zero-order chi connectivity index (χ0) is 16.8. The van der Waals surface area contributed by atoms with Gasteiger partial charge in [0, 0.05) is 38.9 Å². The van der Waals surface area contributed by atoms with Crippen LogP contribution in [0.15, 0.2) is 23.3 Å². The molecule has 2 fully saturated rings. The summed E-state index contributed by atoms with van der Waals surface area (Å²) in [6.45, 7) is 10.6. The molecule has 1 aromatic heterocycles. The number of nitrogens with one attached hydrogen (secondary N) is 1. The Bertz CT molecular complexity index is 539. The summed E-state index contributed by atoms with van der Waals surface area (Å²) in [5, 5.41) is 3.40. The topological polar surface area (TPSA) is 53.0 Å². The second-order valence-electron chi connectivity index (χ2n) is 6.52. The predicted molar refractivity (Wildman–Crippen MR) is 97.5 cm³/mol. The Morgan fingerprint density at radius 3 is 2.83 bits per heavy atom. The lowest BCUT2D eigenvalue weighted by Gasteiger charge is -2.32. The third-order valence-electron chi connectivity index (χ3n) is 4.53.